The number of benzene rings is 2. The second-order valence-corrected chi connectivity index (χ2v) is 6.47. The molecule has 3 nitrogen and oxygen atoms in total. The van der Waals surface area contributed by atoms with Crippen LogP contribution < -0.4 is 4.90 Å². The Morgan fingerprint density at radius 1 is 1.12 bits per heavy atom. The van der Waals surface area contributed by atoms with Crippen LogP contribution in [0, 0.1) is 0 Å². The molecule has 2 aliphatic rings. The number of nitrogens with zero attached hydrogens (tertiary/aromatic N) is 1. The zero-order valence-corrected chi connectivity index (χ0v) is 14.1. The fourth-order valence-corrected chi connectivity index (χ4v) is 3.53. The van der Waals surface area contributed by atoms with Gasteiger partial charge in [-0.05, 0) is 30.5 Å². The molecular formula is C21H21NO2. The summed E-state index contributed by atoms with van der Waals surface area (Å²) >= 11 is 0. The molecule has 0 aliphatic carbocycles. The number of rotatable bonds is 3. The molecule has 2 heterocycles. The normalized spacial score (nSPS) is 18.6. The molecule has 0 saturated heterocycles. The molecule has 0 atom stereocenters. The average Bonchev–Trinajstić information content (AvgIpc) is 3.13. The first kappa shape index (κ1) is 15.0. The molecule has 0 spiro atoms. The molecule has 122 valence electrons. The molecule has 0 radical (unpaired) electrons. The summed E-state index contributed by atoms with van der Waals surface area (Å²) in [5.41, 5.74) is 6.14. The van der Waals surface area contributed by atoms with Gasteiger partial charge in [-0.3, -0.25) is 4.79 Å². The number of hydrogen-bond acceptors (Lipinski definition) is 2. The number of unbranched alkanes of at least 4 members (excludes halogenated alkanes) is 1. The number of amides is 1. The lowest BCUT2D eigenvalue weighted by Crippen LogP contribution is -2.20. The Balaban J connectivity index is 1.87. The summed E-state index contributed by atoms with van der Waals surface area (Å²) in [6.45, 7) is 2.73. The number of aryl methyl sites for hydroxylation is 1. The molecule has 2 aromatic carbocycles. The summed E-state index contributed by atoms with van der Waals surface area (Å²) in [6, 6.07) is 14.5. The van der Waals surface area contributed by atoms with Gasteiger partial charge < -0.3 is 9.64 Å². The number of carbonyl (C=O) groups excluding carboxylic acids is 1. The Labute approximate surface area is 142 Å². The number of fused-ring (bicyclic) bond motifs is 2. The van der Waals surface area contributed by atoms with Crippen LogP contribution in [0.15, 0.2) is 42.5 Å². The van der Waals surface area contributed by atoms with E-state index in [1.165, 1.54) is 12.0 Å². The molecule has 0 saturated carbocycles. The largest absolute Gasteiger partial charge is 0.487 e. The predicted octanol–water partition coefficient (Wildman–Crippen LogP) is 4.40. The van der Waals surface area contributed by atoms with Gasteiger partial charge in [0.2, 0.25) is 0 Å². The lowest BCUT2D eigenvalue weighted by Gasteiger charge is -2.09. The van der Waals surface area contributed by atoms with E-state index in [4.69, 9.17) is 4.74 Å². The first-order valence-electron chi connectivity index (χ1n) is 8.57. The Bertz CT molecular complexity index is 851. The predicted molar refractivity (Wildman–Crippen MR) is 96.5 cm³/mol. The fraction of sp³-hybridized carbons (Fsp3) is 0.286. The van der Waals surface area contributed by atoms with Crippen molar-refractivity contribution in [2.24, 2.45) is 0 Å². The molecule has 1 amide bonds. The van der Waals surface area contributed by atoms with Gasteiger partial charge in [-0.1, -0.05) is 43.7 Å². The Hall–Kier alpha value is -2.55. The highest BCUT2D eigenvalue weighted by Gasteiger charge is 2.35. The smallest absolute Gasteiger partial charge is 0.262 e. The van der Waals surface area contributed by atoms with E-state index < -0.39 is 0 Å². The summed E-state index contributed by atoms with van der Waals surface area (Å²) in [5, 5.41) is 0. The van der Waals surface area contributed by atoms with Crippen LogP contribution >= 0.6 is 0 Å². The number of carbonyl (C=O) groups is 1. The number of hydrogen-bond donors (Lipinski definition) is 0. The van der Waals surface area contributed by atoms with Crippen molar-refractivity contribution in [1.82, 2.24) is 0 Å². The van der Waals surface area contributed by atoms with Gasteiger partial charge in [-0.2, -0.15) is 0 Å². The maximum Gasteiger partial charge on any atom is 0.262 e. The van der Waals surface area contributed by atoms with E-state index in [1.54, 1.807) is 4.90 Å². The van der Waals surface area contributed by atoms with Crippen LogP contribution in [0.4, 0.5) is 5.69 Å². The monoisotopic (exact) mass is 319 g/mol. The van der Waals surface area contributed by atoms with Crippen LogP contribution in [0.5, 0.6) is 0 Å². The molecule has 4 rings (SSSR count). The lowest BCUT2D eigenvalue weighted by molar-refractivity contribution is -0.112. The van der Waals surface area contributed by atoms with Gasteiger partial charge in [0.1, 0.15) is 12.4 Å². The maximum atomic E-state index is 12.9. The standard InChI is InChI=1S/C21H21NO2/c1-3-4-7-14-10-11-18-17(12-14)19(21(23)22(18)2)20-16-9-6-5-8-15(16)13-24-20/h5-6,8-12H,3-4,7,13H2,1-2H3/b20-19+. The summed E-state index contributed by atoms with van der Waals surface area (Å²) in [5.74, 6) is 0.748. The first-order chi connectivity index (χ1) is 11.7. The lowest BCUT2D eigenvalue weighted by atomic mass is 9.98. The Morgan fingerprint density at radius 2 is 1.96 bits per heavy atom. The van der Waals surface area contributed by atoms with E-state index in [-0.39, 0.29) is 5.91 Å². The second-order valence-electron chi connectivity index (χ2n) is 6.47. The molecule has 0 aromatic heterocycles. The number of ether oxygens (including phenoxy) is 1. The zero-order valence-electron chi connectivity index (χ0n) is 14.1. The van der Waals surface area contributed by atoms with E-state index in [1.807, 2.05) is 25.2 Å². The van der Waals surface area contributed by atoms with Crippen LogP contribution in [0.2, 0.25) is 0 Å². The van der Waals surface area contributed by atoms with Crippen molar-refractivity contribution in [2.75, 3.05) is 11.9 Å². The van der Waals surface area contributed by atoms with E-state index in [0.29, 0.717) is 12.2 Å². The zero-order chi connectivity index (χ0) is 16.7. The van der Waals surface area contributed by atoms with Crippen LogP contribution in [0.1, 0.15) is 42.0 Å². The third-order valence-corrected chi connectivity index (χ3v) is 4.89. The topological polar surface area (TPSA) is 29.5 Å². The summed E-state index contributed by atoms with van der Waals surface area (Å²) < 4.78 is 5.94. The quantitative estimate of drug-likeness (QED) is 0.785. The van der Waals surface area contributed by atoms with Gasteiger partial charge >= 0.3 is 0 Å². The Kier molecular flexibility index (Phi) is 3.64. The van der Waals surface area contributed by atoms with Crippen molar-refractivity contribution in [3.63, 3.8) is 0 Å². The van der Waals surface area contributed by atoms with Crippen LogP contribution in [0.3, 0.4) is 0 Å². The van der Waals surface area contributed by atoms with Gasteiger partial charge in [0.15, 0.2) is 0 Å². The van der Waals surface area contributed by atoms with Crippen LogP contribution in [-0.2, 0) is 22.6 Å². The highest BCUT2D eigenvalue weighted by Crippen LogP contribution is 2.43. The van der Waals surface area contributed by atoms with Crippen molar-refractivity contribution in [3.8, 4) is 0 Å². The average molecular weight is 319 g/mol. The van der Waals surface area contributed by atoms with Gasteiger partial charge in [0.25, 0.3) is 5.91 Å². The maximum absolute atomic E-state index is 12.9. The molecular weight excluding hydrogens is 298 g/mol. The molecule has 0 fully saturated rings. The van der Waals surface area contributed by atoms with E-state index in [0.717, 1.165) is 41.0 Å². The highest BCUT2D eigenvalue weighted by atomic mass is 16.5. The van der Waals surface area contributed by atoms with Gasteiger partial charge in [-0.25, -0.2) is 0 Å². The van der Waals surface area contributed by atoms with E-state index in [9.17, 15) is 4.79 Å². The van der Waals surface area contributed by atoms with Crippen molar-refractivity contribution in [2.45, 2.75) is 32.8 Å². The van der Waals surface area contributed by atoms with E-state index >= 15 is 0 Å². The molecule has 2 aliphatic heterocycles. The minimum Gasteiger partial charge on any atom is -0.487 e. The summed E-state index contributed by atoms with van der Waals surface area (Å²) in [7, 11) is 1.83. The first-order valence-corrected chi connectivity index (χ1v) is 8.57. The second kappa shape index (κ2) is 5.82. The van der Waals surface area contributed by atoms with Crippen molar-refractivity contribution >= 4 is 22.9 Å². The van der Waals surface area contributed by atoms with Crippen LogP contribution in [-0.4, -0.2) is 13.0 Å². The number of anilines is 1. The SMILES string of the molecule is CCCCc1ccc2c(c1)/C(=C1\OCc3ccccc31)C(=O)N2C. The molecule has 0 unspecified atom stereocenters. The molecule has 2 aromatic rings. The third-order valence-electron chi connectivity index (χ3n) is 4.89. The molecule has 24 heavy (non-hydrogen) atoms. The van der Waals surface area contributed by atoms with Gasteiger partial charge in [0, 0.05) is 23.7 Å². The molecule has 0 bridgehead atoms. The van der Waals surface area contributed by atoms with E-state index in [2.05, 4.69) is 31.2 Å². The molecule has 3 heteroatoms. The fourth-order valence-electron chi connectivity index (χ4n) is 3.53. The summed E-state index contributed by atoms with van der Waals surface area (Å²) in [6.07, 6.45) is 3.37. The Morgan fingerprint density at radius 3 is 2.79 bits per heavy atom. The van der Waals surface area contributed by atoms with Gasteiger partial charge in [-0.15, -0.1) is 0 Å². The third kappa shape index (κ3) is 2.23. The van der Waals surface area contributed by atoms with Crippen molar-refractivity contribution in [1.29, 1.82) is 0 Å². The minimum atomic E-state index is 0.0179. The summed E-state index contributed by atoms with van der Waals surface area (Å²) in [4.78, 5) is 14.6. The minimum absolute atomic E-state index is 0.0179. The molecule has 0 N–H and O–H groups in total. The van der Waals surface area contributed by atoms with Crippen molar-refractivity contribution in [3.05, 3.63) is 64.7 Å². The van der Waals surface area contributed by atoms with Crippen LogP contribution in [0.25, 0.3) is 11.3 Å². The number of likely N-dealkylation sites (N-methyl/N-ethyl adjacent to an activating group) is 1. The van der Waals surface area contributed by atoms with Gasteiger partial charge in [0.05, 0.1) is 11.3 Å². The van der Waals surface area contributed by atoms with Crippen molar-refractivity contribution < 1.29 is 9.53 Å². The highest BCUT2D eigenvalue weighted by molar-refractivity contribution is 6.37.